The number of benzene rings is 2. The van der Waals surface area contributed by atoms with Crippen LogP contribution < -0.4 is 10.1 Å². The largest absolute Gasteiger partial charge is 0.497 e. The van der Waals surface area contributed by atoms with E-state index in [0.717, 1.165) is 55.8 Å². The number of ether oxygens (including phenoxy) is 1. The van der Waals surface area contributed by atoms with E-state index in [9.17, 15) is 18.8 Å². The molecule has 2 aromatic carbocycles. The summed E-state index contributed by atoms with van der Waals surface area (Å²) in [5, 5.41) is 2.32. The lowest BCUT2D eigenvalue weighted by molar-refractivity contribution is -0.136. The Labute approximate surface area is 204 Å². The first-order valence-corrected chi connectivity index (χ1v) is 12.2. The molecule has 0 bridgehead atoms. The predicted molar refractivity (Wildman–Crippen MR) is 128 cm³/mol. The summed E-state index contributed by atoms with van der Waals surface area (Å²) in [5.41, 5.74) is 3.34. The molecule has 2 saturated heterocycles. The Morgan fingerprint density at radius 3 is 2.49 bits per heavy atom. The summed E-state index contributed by atoms with van der Waals surface area (Å²) in [4.78, 5) is 40.9. The van der Waals surface area contributed by atoms with Crippen molar-refractivity contribution in [2.45, 2.75) is 50.6 Å². The third kappa shape index (κ3) is 4.80. The molecule has 0 spiro atoms. The first-order chi connectivity index (χ1) is 16.9. The fraction of sp³-hybridized carbons (Fsp3) is 0.444. The molecule has 8 heteroatoms. The summed E-state index contributed by atoms with van der Waals surface area (Å²) in [5.74, 6) is -0.486. The van der Waals surface area contributed by atoms with Gasteiger partial charge in [-0.05, 0) is 85.6 Å². The number of likely N-dealkylation sites (tertiary alicyclic amines) is 1. The molecule has 0 aromatic heterocycles. The van der Waals surface area contributed by atoms with E-state index in [-0.39, 0.29) is 30.7 Å². The molecule has 184 valence electrons. The third-order valence-corrected chi connectivity index (χ3v) is 7.56. The average Bonchev–Trinajstić information content (AvgIpc) is 3.19. The number of methoxy groups -OCH3 is 1. The number of hydrogen-bond acceptors (Lipinski definition) is 5. The van der Waals surface area contributed by atoms with Crippen molar-refractivity contribution >= 4 is 17.7 Å². The maximum absolute atomic E-state index is 14.6. The highest BCUT2D eigenvalue weighted by atomic mass is 19.1. The predicted octanol–water partition coefficient (Wildman–Crippen LogP) is 3.02. The number of amides is 3. The van der Waals surface area contributed by atoms with Gasteiger partial charge in [0.25, 0.3) is 5.91 Å². The van der Waals surface area contributed by atoms with Crippen LogP contribution in [0.15, 0.2) is 36.4 Å². The zero-order chi connectivity index (χ0) is 24.5. The maximum atomic E-state index is 14.6. The second-order valence-electron chi connectivity index (χ2n) is 9.64. The summed E-state index contributed by atoms with van der Waals surface area (Å²) in [7, 11) is 1.66. The second-order valence-corrected chi connectivity index (χ2v) is 9.64. The fourth-order valence-corrected chi connectivity index (χ4v) is 5.56. The van der Waals surface area contributed by atoms with Crippen LogP contribution in [0.5, 0.6) is 5.75 Å². The Morgan fingerprint density at radius 1 is 1.06 bits per heavy atom. The van der Waals surface area contributed by atoms with Gasteiger partial charge in [-0.3, -0.25) is 19.7 Å². The Hall–Kier alpha value is -3.26. The van der Waals surface area contributed by atoms with Gasteiger partial charge in [0.05, 0.1) is 7.11 Å². The van der Waals surface area contributed by atoms with Crippen LogP contribution >= 0.6 is 0 Å². The van der Waals surface area contributed by atoms with E-state index in [1.807, 2.05) is 12.1 Å². The molecule has 3 aliphatic heterocycles. The average molecular weight is 480 g/mol. The quantitative estimate of drug-likeness (QED) is 0.645. The SMILES string of the molecule is COc1ccc(CCN2CCC(c3cc(F)cc4c3CN(C3CCC(=O)NC3=O)C4=O)CC2)cc1. The van der Waals surface area contributed by atoms with Crippen molar-refractivity contribution in [1.29, 1.82) is 0 Å². The minimum absolute atomic E-state index is 0.172. The number of nitrogens with zero attached hydrogens (tertiary/aromatic N) is 2. The van der Waals surface area contributed by atoms with Crippen LogP contribution in [0.3, 0.4) is 0 Å². The molecule has 3 heterocycles. The first kappa shape index (κ1) is 23.5. The number of carbonyl (C=O) groups excluding carboxylic acids is 3. The van der Waals surface area contributed by atoms with E-state index in [2.05, 4.69) is 22.3 Å². The highest BCUT2D eigenvalue weighted by Gasteiger charge is 2.41. The van der Waals surface area contributed by atoms with E-state index < -0.39 is 17.8 Å². The molecular formula is C27H30FN3O4. The summed E-state index contributed by atoms with van der Waals surface area (Å²) in [6.07, 6.45) is 3.25. The van der Waals surface area contributed by atoms with E-state index in [1.165, 1.54) is 16.5 Å². The van der Waals surface area contributed by atoms with Crippen molar-refractivity contribution in [3.63, 3.8) is 0 Å². The van der Waals surface area contributed by atoms with Gasteiger partial charge in [0.1, 0.15) is 17.6 Å². The van der Waals surface area contributed by atoms with Gasteiger partial charge in [-0.15, -0.1) is 0 Å². The minimum Gasteiger partial charge on any atom is -0.497 e. The molecule has 3 amide bonds. The van der Waals surface area contributed by atoms with Gasteiger partial charge in [-0.1, -0.05) is 12.1 Å². The number of carbonyl (C=O) groups is 3. The van der Waals surface area contributed by atoms with Crippen LogP contribution in [0.4, 0.5) is 4.39 Å². The van der Waals surface area contributed by atoms with E-state index >= 15 is 0 Å². The van der Waals surface area contributed by atoms with Crippen molar-refractivity contribution in [3.8, 4) is 5.75 Å². The van der Waals surface area contributed by atoms with Crippen LogP contribution in [-0.4, -0.2) is 60.3 Å². The zero-order valence-electron chi connectivity index (χ0n) is 19.9. The molecule has 5 rings (SSSR count). The summed E-state index contributed by atoms with van der Waals surface area (Å²) in [6.45, 7) is 3.07. The summed E-state index contributed by atoms with van der Waals surface area (Å²) >= 11 is 0. The summed E-state index contributed by atoms with van der Waals surface area (Å²) < 4.78 is 19.8. The van der Waals surface area contributed by atoms with Crippen LogP contribution in [-0.2, 0) is 22.6 Å². The lowest BCUT2D eigenvalue weighted by atomic mass is 9.85. The number of nitrogens with one attached hydrogen (secondary N) is 1. The maximum Gasteiger partial charge on any atom is 0.255 e. The lowest BCUT2D eigenvalue weighted by Crippen LogP contribution is -2.52. The van der Waals surface area contributed by atoms with Gasteiger partial charge in [-0.2, -0.15) is 0 Å². The number of fused-ring (bicyclic) bond motifs is 1. The molecule has 35 heavy (non-hydrogen) atoms. The zero-order valence-corrected chi connectivity index (χ0v) is 19.9. The van der Waals surface area contributed by atoms with E-state index in [0.29, 0.717) is 12.0 Å². The third-order valence-electron chi connectivity index (χ3n) is 7.56. The molecule has 2 fully saturated rings. The monoisotopic (exact) mass is 479 g/mol. The molecule has 2 aromatic rings. The van der Waals surface area contributed by atoms with Gasteiger partial charge in [0.15, 0.2) is 0 Å². The second kappa shape index (κ2) is 9.77. The lowest BCUT2D eigenvalue weighted by Gasteiger charge is -2.33. The number of piperidine rings is 2. The molecule has 3 aliphatic rings. The van der Waals surface area contributed by atoms with Crippen molar-refractivity contribution in [1.82, 2.24) is 15.1 Å². The number of rotatable bonds is 6. The van der Waals surface area contributed by atoms with Gasteiger partial charge in [-0.25, -0.2) is 4.39 Å². The van der Waals surface area contributed by atoms with Crippen molar-refractivity contribution < 1.29 is 23.5 Å². The van der Waals surface area contributed by atoms with E-state index in [4.69, 9.17) is 4.74 Å². The highest BCUT2D eigenvalue weighted by Crippen LogP contribution is 2.37. The standard InChI is InChI=1S/C27H30FN3O4/c1-35-20-4-2-17(3-5-20)8-11-30-12-9-18(10-13-30)21-14-19(28)15-22-23(21)16-31(27(22)34)24-6-7-25(32)29-26(24)33/h2-5,14-15,18,24H,6-13,16H2,1H3,(H,29,32,33). The molecule has 0 aliphatic carbocycles. The fourth-order valence-electron chi connectivity index (χ4n) is 5.56. The Bertz CT molecular complexity index is 1140. The van der Waals surface area contributed by atoms with Gasteiger partial charge >= 0.3 is 0 Å². The smallest absolute Gasteiger partial charge is 0.255 e. The number of imide groups is 1. The number of halogens is 1. The van der Waals surface area contributed by atoms with E-state index in [1.54, 1.807) is 13.2 Å². The molecule has 0 radical (unpaired) electrons. The topological polar surface area (TPSA) is 79.0 Å². The molecule has 1 unspecified atom stereocenters. The molecular weight excluding hydrogens is 449 g/mol. The minimum atomic E-state index is -0.691. The van der Waals surface area contributed by atoms with Crippen LogP contribution in [0.1, 0.15) is 58.6 Å². The summed E-state index contributed by atoms with van der Waals surface area (Å²) in [6, 6.07) is 10.3. The van der Waals surface area contributed by atoms with Gasteiger partial charge in [0.2, 0.25) is 11.8 Å². The Kier molecular flexibility index (Phi) is 6.56. The van der Waals surface area contributed by atoms with Crippen LogP contribution in [0.25, 0.3) is 0 Å². The van der Waals surface area contributed by atoms with Crippen LogP contribution in [0.2, 0.25) is 0 Å². The van der Waals surface area contributed by atoms with Crippen molar-refractivity contribution in [2.75, 3.05) is 26.7 Å². The van der Waals surface area contributed by atoms with Gasteiger partial charge < -0.3 is 14.5 Å². The molecule has 1 N–H and O–H groups in total. The Balaban J connectivity index is 1.24. The van der Waals surface area contributed by atoms with Gasteiger partial charge in [0, 0.05) is 25.1 Å². The van der Waals surface area contributed by atoms with Crippen molar-refractivity contribution in [2.24, 2.45) is 0 Å². The first-order valence-electron chi connectivity index (χ1n) is 12.2. The Morgan fingerprint density at radius 2 is 1.80 bits per heavy atom. The van der Waals surface area contributed by atoms with Crippen molar-refractivity contribution in [3.05, 3.63) is 64.5 Å². The normalized spacial score (nSPS) is 21.3. The molecule has 0 saturated carbocycles. The van der Waals surface area contributed by atoms with Crippen LogP contribution in [0, 0.1) is 5.82 Å². The highest BCUT2D eigenvalue weighted by molar-refractivity contribution is 6.05. The number of hydrogen-bond donors (Lipinski definition) is 1. The molecule has 1 atom stereocenters. The molecule has 7 nitrogen and oxygen atoms in total.